The third-order valence-corrected chi connectivity index (χ3v) is 3.43. The van der Waals surface area contributed by atoms with Crippen molar-refractivity contribution in [3.05, 3.63) is 36.3 Å². The molecule has 5 nitrogen and oxygen atoms in total. The number of nitrogens with zero attached hydrogens (tertiary/aromatic N) is 4. The summed E-state index contributed by atoms with van der Waals surface area (Å²) in [7, 11) is 0. The van der Waals surface area contributed by atoms with Crippen LogP contribution in [-0.4, -0.2) is 39.5 Å². The molecule has 1 N–H and O–H groups in total. The number of aliphatic hydroxyl groups excluding tert-OH is 1. The lowest BCUT2D eigenvalue weighted by molar-refractivity contribution is 0.145. The third-order valence-electron chi connectivity index (χ3n) is 3.43. The zero-order chi connectivity index (χ0) is 13.9. The number of anilines is 1. The number of hydrogen-bond donors (Lipinski definition) is 1. The highest BCUT2D eigenvalue weighted by atomic mass is 19.1. The Morgan fingerprint density at radius 1 is 1.15 bits per heavy atom. The highest BCUT2D eigenvalue weighted by Crippen LogP contribution is 2.20. The molecule has 1 aromatic carbocycles. The minimum atomic E-state index is -0.277. The third kappa shape index (κ3) is 2.75. The predicted molar refractivity (Wildman–Crippen MR) is 72.7 cm³/mol. The SMILES string of the molecule is OC1CCN(c2nncc(-c3ccc(F)cc3)n2)CC1. The van der Waals surface area contributed by atoms with Crippen molar-refractivity contribution in [1.29, 1.82) is 0 Å². The van der Waals surface area contributed by atoms with Crippen molar-refractivity contribution < 1.29 is 9.50 Å². The van der Waals surface area contributed by atoms with Crippen LogP contribution < -0.4 is 4.90 Å². The Hall–Kier alpha value is -2.08. The van der Waals surface area contributed by atoms with Gasteiger partial charge >= 0.3 is 0 Å². The normalized spacial score (nSPS) is 16.4. The Morgan fingerprint density at radius 2 is 1.85 bits per heavy atom. The van der Waals surface area contributed by atoms with Crippen LogP contribution in [0.15, 0.2) is 30.5 Å². The molecule has 2 aromatic rings. The van der Waals surface area contributed by atoms with Crippen LogP contribution in [0.2, 0.25) is 0 Å². The van der Waals surface area contributed by atoms with E-state index in [1.807, 2.05) is 4.90 Å². The van der Waals surface area contributed by atoms with Gasteiger partial charge in [0.2, 0.25) is 5.95 Å². The lowest BCUT2D eigenvalue weighted by atomic mass is 10.1. The quantitative estimate of drug-likeness (QED) is 0.902. The van der Waals surface area contributed by atoms with Gasteiger partial charge in [0, 0.05) is 18.7 Å². The van der Waals surface area contributed by atoms with E-state index in [1.54, 1.807) is 18.3 Å². The predicted octanol–water partition coefficient (Wildman–Crippen LogP) is 1.64. The molecule has 1 fully saturated rings. The molecule has 0 saturated carbocycles. The standard InChI is InChI=1S/C14H15FN4O/c15-11-3-1-10(2-4-11)13-9-16-18-14(17-13)19-7-5-12(20)6-8-19/h1-4,9,12,20H,5-8H2. The monoisotopic (exact) mass is 274 g/mol. The Labute approximate surface area is 116 Å². The Kier molecular flexibility index (Phi) is 3.56. The number of rotatable bonds is 2. The summed E-state index contributed by atoms with van der Waals surface area (Å²) in [6, 6.07) is 6.13. The van der Waals surface area contributed by atoms with E-state index in [0.29, 0.717) is 24.5 Å². The fourth-order valence-corrected chi connectivity index (χ4v) is 2.25. The Balaban J connectivity index is 1.84. The number of piperidine rings is 1. The van der Waals surface area contributed by atoms with Gasteiger partial charge in [-0.1, -0.05) is 0 Å². The van der Waals surface area contributed by atoms with Crippen LogP contribution in [-0.2, 0) is 0 Å². The smallest absolute Gasteiger partial charge is 0.245 e. The average molecular weight is 274 g/mol. The topological polar surface area (TPSA) is 62.1 Å². The van der Waals surface area contributed by atoms with E-state index in [4.69, 9.17) is 0 Å². The highest BCUT2D eigenvalue weighted by Gasteiger charge is 2.19. The molecule has 0 unspecified atom stereocenters. The van der Waals surface area contributed by atoms with E-state index in [2.05, 4.69) is 15.2 Å². The second-order valence-corrected chi connectivity index (χ2v) is 4.87. The summed E-state index contributed by atoms with van der Waals surface area (Å²) in [6.45, 7) is 1.44. The van der Waals surface area contributed by atoms with E-state index >= 15 is 0 Å². The molecule has 6 heteroatoms. The maximum absolute atomic E-state index is 12.9. The molecule has 1 aliphatic rings. The number of halogens is 1. The van der Waals surface area contributed by atoms with Crippen LogP contribution in [0.25, 0.3) is 11.3 Å². The molecule has 0 amide bonds. The fraction of sp³-hybridized carbons (Fsp3) is 0.357. The van der Waals surface area contributed by atoms with Crippen LogP contribution in [0.1, 0.15) is 12.8 Å². The lowest BCUT2D eigenvalue weighted by Crippen LogP contribution is -2.37. The molecular formula is C14H15FN4O. The van der Waals surface area contributed by atoms with Crippen molar-refractivity contribution in [2.75, 3.05) is 18.0 Å². The molecular weight excluding hydrogens is 259 g/mol. The number of benzene rings is 1. The first-order valence-electron chi connectivity index (χ1n) is 6.61. The molecule has 3 rings (SSSR count). The summed E-state index contributed by atoms with van der Waals surface area (Å²) >= 11 is 0. The summed E-state index contributed by atoms with van der Waals surface area (Å²) in [6.07, 6.45) is 2.75. The van der Waals surface area contributed by atoms with Crippen molar-refractivity contribution in [2.24, 2.45) is 0 Å². The lowest BCUT2D eigenvalue weighted by Gasteiger charge is -2.29. The molecule has 20 heavy (non-hydrogen) atoms. The number of aliphatic hydroxyl groups is 1. The Morgan fingerprint density at radius 3 is 2.55 bits per heavy atom. The molecule has 0 bridgehead atoms. The molecule has 1 aliphatic heterocycles. The summed E-state index contributed by atoms with van der Waals surface area (Å²) in [5.74, 6) is 0.278. The maximum atomic E-state index is 12.9. The second kappa shape index (κ2) is 5.50. The first kappa shape index (κ1) is 12.9. The minimum Gasteiger partial charge on any atom is -0.393 e. The molecule has 0 aliphatic carbocycles. The fourth-order valence-electron chi connectivity index (χ4n) is 2.25. The van der Waals surface area contributed by atoms with Gasteiger partial charge in [0.05, 0.1) is 18.0 Å². The Bertz CT molecular complexity index is 582. The minimum absolute atomic E-state index is 0.237. The van der Waals surface area contributed by atoms with E-state index in [1.165, 1.54) is 12.1 Å². The van der Waals surface area contributed by atoms with E-state index in [0.717, 1.165) is 18.7 Å². The van der Waals surface area contributed by atoms with Gasteiger partial charge in [-0.05, 0) is 37.1 Å². The molecule has 0 spiro atoms. The van der Waals surface area contributed by atoms with Crippen LogP contribution >= 0.6 is 0 Å². The van der Waals surface area contributed by atoms with Gasteiger partial charge in [-0.15, -0.1) is 5.10 Å². The second-order valence-electron chi connectivity index (χ2n) is 4.87. The van der Waals surface area contributed by atoms with Crippen molar-refractivity contribution in [1.82, 2.24) is 15.2 Å². The zero-order valence-corrected chi connectivity index (χ0v) is 10.9. The first-order valence-corrected chi connectivity index (χ1v) is 6.61. The van der Waals surface area contributed by atoms with E-state index in [-0.39, 0.29) is 11.9 Å². The number of hydrogen-bond acceptors (Lipinski definition) is 5. The van der Waals surface area contributed by atoms with Crippen molar-refractivity contribution in [3.8, 4) is 11.3 Å². The van der Waals surface area contributed by atoms with Gasteiger partial charge < -0.3 is 10.0 Å². The van der Waals surface area contributed by atoms with Gasteiger partial charge in [0.25, 0.3) is 0 Å². The molecule has 0 atom stereocenters. The number of aromatic nitrogens is 3. The molecule has 1 aromatic heterocycles. The van der Waals surface area contributed by atoms with E-state index < -0.39 is 0 Å². The molecule has 104 valence electrons. The largest absolute Gasteiger partial charge is 0.393 e. The van der Waals surface area contributed by atoms with Crippen LogP contribution in [0.4, 0.5) is 10.3 Å². The summed E-state index contributed by atoms with van der Waals surface area (Å²) in [4.78, 5) is 6.48. The van der Waals surface area contributed by atoms with Crippen molar-refractivity contribution in [3.63, 3.8) is 0 Å². The molecule has 0 radical (unpaired) electrons. The van der Waals surface area contributed by atoms with Gasteiger partial charge in [0.1, 0.15) is 5.82 Å². The van der Waals surface area contributed by atoms with Crippen molar-refractivity contribution >= 4 is 5.95 Å². The van der Waals surface area contributed by atoms with Gasteiger partial charge in [-0.25, -0.2) is 9.37 Å². The van der Waals surface area contributed by atoms with Gasteiger partial charge in [-0.3, -0.25) is 0 Å². The molecule has 1 saturated heterocycles. The zero-order valence-electron chi connectivity index (χ0n) is 10.9. The van der Waals surface area contributed by atoms with Gasteiger partial charge in [-0.2, -0.15) is 5.10 Å². The average Bonchev–Trinajstić information content (AvgIpc) is 2.49. The highest BCUT2D eigenvalue weighted by molar-refractivity contribution is 5.59. The van der Waals surface area contributed by atoms with Gasteiger partial charge in [0.15, 0.2) is 0 Å². The summed E-state index contributed by atoms with van der Waals surface area (Å²) < 4.78 is 12.9. The van der Waals surface area contributed by atoms with E-state index in [9.17, 15) is 9.50 Å². The molecule has 2 heterocycles. The first-order chi connectivity index (χ1) is 9.72. The van der Waals surface area contributed by atoms with Crippen LogP contribution in [0, 0.1) is 5.82 Å². The van der Waals surface area contributed by atoms with Crippen LogP contribution in [0.5, 0.6) is 0 Å². The van der Waals surface area contributed by atoms with Crippen LogP contribution in [0.3, 0.4) is 0 Å². The van der Waals surface area contributed by atoms with Crippen molar-refractivity contribution in [2.45, 2.75) is 18.9 Å². The summed E-state index contributed by atoms with van der Waals surface area (Å²) in [5, 5.41) is 17.5. The maximum Gasteiger partial charge on any atom is 0.245 e. The summed E-state index contributed by atoms with van der Waals surface area (Å²) in [5.41, 5.74) is 1.47.